The number of hydrogen-bond donors (Lipinski definition) is 1. The van der Waals surface area contributed by atoms with Crippen molar-refractivity contribution in [2.75, 3.05) is 5.73 Å². The van der Waals surface area contributed by atoms with Crippen molar-refractivity contribution in [1.29, 1.82) is 0 Å². The quantitative estimate of drug-likeness (QED) is 0.373. The lowest BCUT2D eigenvalue weighted by atomic mass is 10.0. The van der Waals surface area contributed by atoms with E-state index in [0.29, 0.717) is 5.69 Å². The standard InChI is InChI=1S/C17H12N2/c18-14-9-16-15-8-12-4-2-1-3-11(12)7-13(15)5-6-17(16)19-10-14/h1-10H,18H2. The average molecular weight is 244 g/mol. The predicted octanol–water partition coefficient (Wildman–Crippen LogP) is 4.12. The van der Waals surface area contributed by atoms with Gasteiger partial charge in [0.25, 0.3) is 0 Å². The molecule has 0 aliphatic rings. The largest absolute Gasteiger partial charge is 0.397 e. The summed E-state index contributed by atoms with van der Waals surface area (Å²) in [6.45, 7) is 0. The fourth-order valence-corrected chi connectivity index (χ4v) is 2.64. The van der Waals surface area contributed by atoms with Crippen LogP contribution in [0.2, 0.25) is 0 Å². The highest BCUT2D eigenvalue weighted by Crippen LogP contribution is 2.29. The van der Waals surface area contributed by atoms with Crippen molar-refractivity contribution in [3.63, 3.8) is 0 Å². The van der Waals surface area contributed by atoms with Crippen LogP contribution in [0.15, 0.2) is 60.8 Å². The Hall–Kier alpha value is -2.61. The molecule has 0 bridgehead atoms. The van der Waals surface area contributed by atoms with Gasteiger partial charge in [-0.05, 0) is 45.8 Å². The zero-order chi connectivity index (χ0) is 12.8. The monoisotopic (exact) mass is 244 g/mol. The second-order valence-corrected chi connectivity index (χ2v) is 4.82. The molecule has 0 spiro atoms. The van der Waals surface area contributed by atoms with E-state index in [1.165, 1.54) is 21.5 Å². The first kappa shape index (κ1) is 10.3. The molecule has 0 amide bonds. The van der Waals surface area contributed by atoms with Crippen molar-refractivity contribution in [3.8, 4) is 0 Å². The number of hydrogen-bond acceptors (Lipinski definition) is 2. The Balaban J connectivity index is 2.25. The molecule has 0 saturated heterocycles. The summed E-state index contributed by atoms with van der Waals surface area (Å²) in [7, 11) is 0. The Labute approximate surface area is 110 Å². The van der Waals surface area contributed by atoms with E-state index in [0.717, 1.165) is 10.9 Å². The summed E-state index contributed by atoms with van der Waals surface area (Å²) in [5, 5.41) is 6.04. The van der Waals surface area contributed by atoms with Crippen LogP contribution in [0, 0.1) is 0 Å². The number of fused-ring (bicyclic) bond motifs is 4. The molecule has 1 aromatic heterocycles. The zero-order valence-electron chi connectivity index (χ0n) is 10.3. The fourth-order valence-electron chi connectivity index (χ4n) is 2.64. The van der Waals surface area contributed by atoms with E-state index in [-0.39, 0.29) is 0 Å². The van der Waals surface area contributed by atoms with Gasteiger partial charge in [-0.25, -0.2) is 0 Å². The second-order valence-electron chi connectivity index (χ2n) is 4.82. The van der Waals surface area contributed by atoms with Crippen LogP contribution in [0.4, 0.5) is 5.69 Å². The number of benzene rings is 3. The Bertz CT molecular complexity index is 926. The number of nitrogen functional groups attached to an aromatic ring is 1. The molecule has 2 heteroatoms. The van der Waals surface area contributed by atoms with Gasteiger partial charge in [-0.15, -0.1) is 0 Å². The maximum absolute atomic E-state index is 5.87. The van der Waals surface area contributed by atoms with Gasteiger partial charge >= 0.3 is 0 Å². The van der Waals surface area contributed by atoms with Gasteiger partial charge in [-0.3, -0.25) is 4.98 Å². The van der Waals surface area contributed by atoms with Crippen molar-refractivity contribution in [1.82, 2.24) is 4.98 Å². The van der Waals surface area contributed by atoms with Gasteiger partial charge in [-0.1, -0.05) is 30.3 Å². The number of nitrogens with zero attached hydrogens (tertiary/aromatic N) is 1. The Morgan fingerprint density at radius 1 is 0.737 bits per heavy atom. The molecule has 0 aliphatic heterocycles. The minimum atomic E-state index is 0.702. The molecular weight excluding hydrogens is 232 g/mol. The number of aromatic nitrogens is 1. The molecular formula is C17H12N2. The summed E-state index contributed by atoms with van der Waals surface area (Å²) in [5.41, 5.74) is 7.55. The van der Waals surface area contributed by atoms with E-state index in [1.807, 2.05) is 12.1 Å². The molecule has 1 heterocycles. The van der Waals surface area contributed by atoms with Gasteiger partial charge in [-0.2, -0.15) is 0 Å². The third kappa shape index (κ3) is 1.54. The Morgan fingerprint density at radius 2 is 1.53 bits per heavy atom. The smallest absolute Gasteiger partial charge is 0.0710 e. The number of pyridine rings is 1. The zero-order valence-corrected chi connectivity index (χ0v) is 10.3. The van der Waals surface area contributed by atoms with Crippen molar-refractivity contribution in [2.45, 2.75) is 0 Å². The molecule has 4 rings (SSSR count). The van der Waals surface area contributed by atoms with Crippen LogP contribution in [0.25, 0.3) is 32.4 Å². The highest BCUT2D eigenvalue weighted by atomic mass is 14.7. The minimum absolute atomic E-state index is 0.702. The first-order chi connectivity index (χ1) is 9.31. The number of anilines is 1. The number of rotatable bonds is 0. The third-order valence-corrected chi connectivity index (χ3v) is 3.57. The topological polar surface area (TPSA) is 38.9 Å². The maximum Gasteiger partial charge on any atom is 0.0710 e. The molecule has 3 aromatic carbocycles. The molecule has 0 radical (unpaired) electrons. The van der Waals surface area contributed by atoms with E-state index in [2.05, 4.69) is 47.4 Å². The Morgan fingerprint density at radius 3 is 2.37 bits per heavy atom. The predicted molar refractivity (Wildman–Crippen MR) is 81.2 cm³/mol. The van der Waals surface area contributed by atoms with Gasteiger partial charge in [0, 0.05) is 5.39 Å². The summed E-state index contributed by atoms with van der Waals surface area (Å²) >= 11 is 0. The van der Waals surface area contributed by atoms with Gasteiger partial charge < -0.3 is 5.73 Å². The summed E-state index contributed by atoms with van der Waals surface area (Å²) in [6.07, 6.45) is 1.70. The minimum Gasteiger partial charge on any atom is -0.397 e. The lowest BCUT2D eigenvalue weighted by Crippen LogP contribution is -1.88. The summed E-state index contributed by atoms with van der Waals surface area (Å²) in [5.74, 6) is 0. The number of nitrogens with two attached hydrogens (primary N) is 1. The van der Waals surface area contributed by atoms with E-state index in [9.17, 15) is 0 Å². The Kier molecular flexibility index (Phi) is 2.00. The van der Waals surface area contributed by atoms with E-state index in [1.54, 1.807) is 6.20 Å². The van der Waals surface area contributed by atoms with Crippen LogP contribution < -0.4 is 5.73 Å². The molecule has 19 heavy (non-hydrogen) atoms. The first-order valence-electron chi connectivity index (χ1n) is 6.28. The van der Waals surface area contributed by atoms with Crippen LogP contribution in [0.5, 0.6) is 0 Å². The van der Waals surface area contributed by atoms with Crippen LogP contribution in [-0.4, -0.2) is 4.98 Å². The average Bonchev–Trinajstić information content (AvgIpc) is 2.45. The van der Waals surface area contributed by atoms with Crippen LogP contribution in [0.3, 0.4) is 0 Å². The highest BCUT2D eigenvalue weighted by molar-refractivity contribution is 6.11. The van der Waals surface area contributed by atoms with Crippen LogP contribution >= 0.6 is 0 Å². The maximum atomic E-state index is 5.87. The SMILES string of the molecule is Nc1cnc2ccc3cc4ccccc4cc3c2c1. The van der Waals surface area contributed by atoms with Crippen molar-refractivity contribution < 1.29 is 0 Å². The molecule has 90 valence electrons. The lowest BCUT2D eigenvalue weighted by molar-refractivity contribution is 1.42. The van der Waals surface area contributed by atoms with Crippen LogP contribution in [-0.2, 0) is 0 Å². The molecule has 2 nitrogen and oxygen atoms in total. The summed E-state index contributed by atoms with van der Waals surface area (Å²) in [6, 6.07) is 19.0. The lowest BCUT2D eigenvalue weighted by Gasteiger charge is -2.06. The van der Waals surface area contributed by atoms with Gasteiger partial charge in [0.15, 0.2) is 0 Å². The second kappa shape index (κ2) is 3.69. The summed E-state index contributed by atoms with van der Waals surface area (Å²) < 4.78 is 0. The van der Waals surface area contributed by atoms with Gasteiger partial charge in [0.1, 0.15) is 0 Å². The molecule has 0 atom stereocenters. The summed E-state index contributed by atoms with van der Waals surface area (Å²) in [4.78, 5) is 4.39. The van der Waals surface area contributed by atoms with Crippen molar-refractivity contribution in [2.24, 2.45) is 0 Å². The molecule has 0 fully saturated rings. The molecule has 0 unspecified atom stereocenters. The third-order valence-electron chi connectivity index (χ3n) is 3.57. The van der Waals surface area contributed by atoms with E-state index >= 15 is 0 Å². The highest BCUT2D eigenvalue weighted by Gasteiger charge is 2.03. The van der Waals surface area contributed by atoms with Crippen LogP contribution in [0.1, 0.15) is 0 Å². The normalized spacial score (nSPS) is 11.4. The fraction of sp³-hybridized carbons (Fsp3) is 0. The first-order valence-corrected chi connectivity index (χ1v) is 6.28. The van der Waals surface area contributed by atoms with Gasteiger partial charge in [0.2, 0.25) is 0 Å². The molecule has 0 saturated carbocycles. The molecule has 4 aromatic rings. The van der Waals surface area contributed by atoms with Gasteiger partial charge in [0.05, 0.1) is 17.4 Å². The molecule has 2 N–H and O–H groups in total. The van der Waals surface area contributed by atoms with Crippen molar-refractivity contribution >= 4 is 38.1 Å². The molecule has 0 aliphatic carbocycles. The van der Waals surface area contributed by atoms with Crippen molar-refractivity contribution in [3.05, 3.63) is 60.8 Å². The van der Waals surface area contributed by atoms with E-state index < -0.39 is 0 Å². The van der Waals surface area contributed by atoms with E-state index in [4.69, 9.17) is 5.73 Å².